The average molecular weight is 116 g/mol. The molecule has 0 N–H and O–H groups in total. The number of hydrogen-bond donors (Lipinski definition) is 0. The van der Waals surface area contributed by atoms with Crippen LogP contribution in [0.3, 0.4) is 0 Å². The Hall–Kier alpha value is -0.0800. The monoisotopic (exact) mass is 116 g/mol. The van der Waals surface area contributed by atoms with Gasteiger partial charge in [-0.2, -0.15) is 0 Å². The van der Waals surface area contributed by atoms with Crippen molar-refractivity contribution in [2.24, 2.45) is 0 Å². The summed E-state index contributed by atoms with van der Waals surface area (Å²) in [5.41, 5.74) is 0. The molecule has 0 aliphatic carbocycles. The molecule has 0 bridgehead atoms. The third-order valence-corrected chi connectivity index (χ3v) is 1.52. The van der Waals surface area contributed by atoms with E-state index >= 15 is 0 Å². The van der Waals surface area contributed by atoms with Gasteiger partial charge in [-0.3, -0.25) is 0 Å². The molecule has 0 aromatic carbocycles. The van der Waals surface area contributed by atoms with E-state index in [0.29, 0.717) is 12.2 Å². The smallest absolute Gasteiger partial charge is 0.122 e. The van der Waals surface area contributed by atoms with E-state index in [1.807, 2.05) is 0 Å². The summed E-state index contributed by atoms with van der Waals surface area (Å²) in [6, 6.07) is 0. The summed E-state index contributed by atoms with van der Waals surface area (Å²) < 4.78 is 0. The van der Waals surface area contributed by atoms with E-state index in [-0.39, 0.29) is 0 Å². The first-order valence-corrected chi connectivity index (χ1v) is 3.20. The highest BCUT2D eigenvalue weighted by atomic mass is 17.2. The maximum absolute atomic E-state index is 4.78. The molecular formula is C6H12O2. The molecule has 2 unspecified atom stereocenters. The normalized spacial score (nSPS) is 36.8. The summed E-state index contributed by atoms with van der Waals surface area (Å²) in [6.07, 6.45) is 2.89. The van der Waals surface area contributed by atoms with E-state index in [4.69, 9.17) is 9.78 Å². The summed E-state index contributed by atoms with van der Waals surface area (Å²) in [6.45, 7) is 4.21. The maximum atomic E-state index is 4.78. The van der Waals surface area contributed by atoms with Crippen molar-refractivity contribution in [3.05, 3.63) is 0 Å². The first-order chi connectivity index (χ1) is 3.88. The molecule has 1 aliphatic rings. The van der Waals surface area contributed by atoms with Crippen molar-refractivity contribution >= 4 is 0 Å². The molecule has 1 heterocycles. The lowest BCUT2D eigenvalue weighted by atomic mass is 10.1. The molecule has 1 fully saturated rings. The molecule has 0 amide bonds. The Balaban J connectivity index is 2.16. The van der Waals surface area contributed by atoms with Crippen LogP contribution in [0.1, 0.15) is 26.7 Å². The fourth-order valence-corrected chi connectivity index (χ4v) is 0.875. The maximum Gasteiger partial charge on any atom is 0.122 e. The van der Waals surface area contributed by atoms with Crippen LogP contribution in [-0.4, -0.2) is 12.2 Å². The predicted molar refractivity (Wildman–Crippen MR) is 30.3 cm³/mol. The standard InChI is InChI=1S/C6H12O2/c1-3-5-6(4-2)8-7-5/h5-6H,3-4H2,1-2H3. The summed E-state index contributed by atoms with van der Waals surface area (Å²) in [4.78, 5) is 9.57. The van der Waals surface area contributed by atoms with E-state index in [9.17, 15) is 0 Å². The van der Waals surface area contributed by atoms with Crippen molar-refractivity contribution in [2.75, 3.05) is 0 Å². The van der Waals surface area contributed by atoms with Crippen LogP contribution >= 0.6 is 0 Å². The van der Waals surface area contributed by atoms with Gasteiger partial charge in [0.15, 0.2) is 0 Å². The van der Waals surface area contributed by atoms with Crippen LogP contribution in [0.2, 0.25) is 0 Å². The van der Waals surface area contributed by atoms with Crippen molar-refractivity contribution in [3.63, 3.8) is 0 Å². The van der Waals surface area contributed by atoms with Gasteiger partial charge in [0.1, 0.15) is 12.2 Å². The molecule has 0 aromatic heterocycles. The minimum Gasteiger partial charge on any atom is -0.230 e. The van der Waals surface area contributed by atoms with Gasteiger partial charge in [0.05, 0.1) is 0 Å². The van der Waals surface area contributed by atoms with Crippen molar-refractivity contribution in [1.82, 2.24) is 0 Å². The Bertz CT molecular complexity index is 58.9. The van der Waals surface area contributed by atoms with Gasteiger partial charge in [0, 0.05) is 0 Å². The molecular weight excluding hydrogens is 104 g/mol. The highest BCUT2D eigenvalue weighted by Gasteiger charge is 2.30. The van der Waals surface area contributed by atoms with Crippen LogP contribution in [0.15, 0.2) is 0 Å². The Kier molecular flexibility index (Phi) is 1.86. The zero-order chi connectivity index (χ0) is 5.98. The van der Waals surface area contributed by atoms with E-state index in [1.165, 1.54) is 0 Å². The van der Waals surface area contributed by atoms with Gasteiger partial charge in [0.2, 0.25) is 0 Å². The zero-order valence-electron chi connectivity index (χ0n) is 5.39. The van der Waals surface area contributed by atoms with Gasteiger partial charge in [-0.1, -0.05) is 13.8 Å². The van der Waals surface area contributed by atoms with Crippen LogP contribution < -0.4 is 0 Å². The molecule has 1 rings (SSSR count). The lowest BCUT2D eigenvalue weighted by Crippen LogP contribution is -2.41. The molecule has 0 spiro atoms. The summed E-state index contributed by atoms with van der Waals surface area (Å²) in [7, 11) is 0. The van der Waals surface area contributed by atoms with Gasteiger partial charge >= 0.3 is 0 Å². The lowest BCUT2D eigenvalue weighted by Gasteiger charge is -2.33. The fraction of sp³-hybridized carbons (Fsp3) is 1.00. The van der Waals surface area contributed by atoms with Crippen molar-refractivity contribution in [3.8, 4) is 0 Å². The van der Waals surface area contributed by atoms with Gasteiger partial charge in [0.25, 0.3) is 0 Å². The first-order valence-electron chi connectivity index (χ1n) is 3.20. The molecule has 8 heavy (non-hydrogen) atoms. The third kappa shape index (κ3) is 0.858. The van der Waals surface area contributed by atoms with Crippen LogP contribution in [0.25, 0.3) is 0 Å². The van der Waals surface area contributed by atoms with Gasteiger partial charge < -0.3 is 0 Å². The molecule has 1 aliphatic heterocycles. The highest BCUT2D eigenvalue weighted by Crippen LogP contribution is 2.21. The van der Waals surface area contributed by atoms with E-state index in [0.717, 1.165) is 12.8 Å². The first kappa shape index (κ1) is 6.05. The van der Waals surface area contributed by atoms with Crippen LogP contribution in [0.5, 0.6) is 0 Å². The molecule has 48 valence electrons. The molecule has 2 atom stereocenters. The topological polar surface area (TPSA) is 18.5 Å². The summed E-state index contributed by atoms with van der Waals surface area (Å²) in [5.74, 6) is 0. The Morgan fingerprint density at radius 1 is 1.00 bits per heavy atom. The average Bonchev–Trinajstić information content (AvgIpc) is 1.66. The van der Waals surface area contributed by atoms with Crippen LogP contribution in [0, 0.1) is 0 Å². The molecule has 1 saturated heterocycles. The second-order valence-corrected chi connectivity index (χ2v) is 2.09. The number of rotatable bonds is 2. The number of hydrogen-bond acceptors (Lipinski definition) is 2. The van der Waals surface area contributed by atoms with Crippen molar-refractivity contribution < 1.29 is 9.78 Å². The van der Waals surface area contributed by atoms with Gasteiger partial charge in [-0.05, 0) is 12.8 Å². The van der Waals surface area contributed by atoms with Crippen molar-refractivity contribution in [1.29, 1.82) is 0 Å². The van der Waals surface area contributed by atoms with Gasteiger partial charge in [-0.15, -0.1) is 0 Å². The minimum absolute atomic E-state index is 0.375. The quantitative estimate of drug-likeness (QED) is 0.509. The second-order valence-electron chi connectivity index (χ2n) is 2.09. The zero-order valence-corrected chi connectivity index (χ0v) is 5.39. The predicted octanol–water partition coefficient (Wildman–Crippen LogP) is 1.51. The van der Waals surface area contributed by atoms with E-state index in [1.54, 1.807) is 0 Å². The summed E-state index contributed by atoms with van der Waals surface area (Å²) in [5, 5.41) is 0. The van der Waals surface area contributed by atoms with E-state index in [2.05, 4.69) is 13.8 Å². The second kappa shape index (κ2) is 2.46. The molecule has 0 aromatic rings. The molecule has 0 saturated carbocycles. The highest BCUT2D eigenvalue weighted by molar-refractivity contribution is 4.70. The minimum atomic E-state index is 0.375. The Labute approximate surface area is 49.7 Å². The fourth-order valence-electron chi connectivity index (χ4n) is 0.875. The molecule has 2 heteroatoms. The SMILES string of the molecule is CCC1OOC1CC. The molecule has 2 nitrogen and oxygen atoms in total. The van der Waals surface area contributed by atoms with E-state index < -0.39 is 0 Å². The van der Waals surface area contributed by atoms with Crippen molar-refractivity contribution in [2.45, 2.75) is 38.9 Å². The third-order valence-electron chi connectivity index (χ3n) is 1.52. The lowest BCUT2D eigenvalue weighted by molar-refractivity contribution is -0.465. The van der Waals surface area contributed by atoms with Gasteiger partial charge in [-0.25, -0.2) is 9.78 Å². The van der Waals surface area contributed by atoms with Crippen LogP contribution in [-0.2, 0) is 9.78 Å². The largest absolute Gasteiger partial charge is 0.230 e. The van der Waals surface area contributed by atoms with Crippen LogP contribution in [0.4, 0.5) is 0 Å². The Morgan fingerprint density at radius 3 is 1.50 bits per heavy atom. The Morgan fingerprint density at radius 2 is 1.38 bits per heavy atom. The summed E-state index contributed by atoms with van der Waals surface area (Å²) >= 11 is 0. The molecule has 0 radical (unpaired) electrons.